The number of hydrogen-bond acceptors (Lipinski definition) is 5. The van der Waals surface area contributed by atoms with E-state index in [2.05, 4.69) is 16.3 Å². The van der Waals surface area contributed by atoms with Crippen LogP contribution in [0, 0.1) is 11.6 Å². The molecule has 0 fully saturated rings. The van der Waals surface area contributed by atoms with Gasteiger partial charge in [0.05, 0.1) is 19.8 Å². The molecule has 0 saturated carbocycles. The minimum Gasteiger partial charge on any atom is -0.456 e. The predicted octanol–water partition coefficient (Wildman–Crippen LogP) is 1.78. The molecule has 15 heavy (non-hydrogen) atoms. The molecule has 6 heteroatoms. The second kappa shape index (κ2) is 7.47. The molecule has 0 bridgehead atoms. The number of esters is 1. The summed E-state index contributed by atoms with van der Waals surface area (Å²) in [5, 5.41) is 0. The Morgan fingerprint density at radius 2 is 1.67 bits per heavy atom. The van der Waals surface area contributed by atoms with E-state index < -0.39 is 13.6 Å². The van der Waals surface area contributed by atoms with Gasteiger partial charge in [-0.3, -0.25) is 9.05 Å². The molecule has 0 aliphatic heterocycles. The molecule has 86 valence electrons. The number of carbonyl (C=O) groups excluding carboxylic acids is 1. The first-order valence-electron chi connectivity index (χ1n) is 4.67. The lowest BCUT2D eigenvalue weighted by Gasteiger charge is -2.09. The van der Waals surface area contributed by atoms with E-state index in [-0.39, 0.29) is 19.8 Å². The first-order chi connectivity index (χ1) is 7.08. The van der Waals surface area contributed by atoms with E-state index in [1.165, 1.54) is 0 Å². The molecule has 0 atom stereocenters. The second-order valence-corrected chi connectivity index (χ2v) is 4.03. The van der Waals surface area contributed by atoms with Crippen molar-refractivity contribution in [2.24, 2.45) is 0 Å². The number of carbonyl (C=O) groups is 1. The highest BCUT2D eigenvalue weighted by molar-refractivity contribution is 7.59. The topological polar surface area (TPSA) is 61.8 Å². The minimum absolute atomic E-state index is 0.203. The highest BCUT2D eigenvalue weighted by Gasteiger charge is 2.20. The molecule has 0 unspecified atom stereocenters. The molecular weight excluding hydrogens is 219 g/mol. The molecule has 5 nitrogen and oxygen atoms in total. The lowest BCUT2D eigenvalue weighted by atomic mass is 10.7. The summed E-state index contributed by atoms with van der Waals surface area (Å²) in [6, 6.07) is 0. The van der Waals surface area contributed by atoms with Crippen LogP contribution in [0.1, 0.15) is 20.8 Å². The van der Waals surface area contributed by atoms with E-state index in [1.807, 2.05) is 0 Å². The third-order valence-corrected chi connectivity index (χ3v) is 2.75. The van der Waals surface area contributed by atoms with E-state index in [1.54, 1.807) is 20.8 Å². The maximum atomic E-state index is 11.7. The molecule has 0 aliphatic carbocycles. The zero-order valence-corrected chi connectivity index (χ0v) is 10.0. The molecule has 0 radical (unpaired) electrons. The highest BCUT2D eigenvalue weighted by Crippen LogP contribution is 2.46. The summed E-state index contributed by atoms with van der Waals surface area (Å²) >= 11 is 0. The lowest BCUT2D eigenvalue weighted by molar-refractivity contribution is -0.136. The lowest BCUT2D eigenvalue weighted by Crippen LogP contribution is -2.00. The molecule has 0 aromatic rings. The summed E-state index contributed by atoms with van der Waals surface area (Å²) < 4.78 is 25.9. The Labute approximate surface area is 89.6 Å². The molecule has 0 amide bonds. The van der Waals surface area contributed by atoms with Gasteiger partial charge in [-0.15, -0.1) is 0 Å². The van der Waals surface area contributed by atoms with Crippen molar-refractivity contribution >= 4 is 13.6 Å². The third-order valence-electron chi connectivity index (χ3n) is 1.17. The summed E-state index contributed by atoms with van der Waals surface area (Å²) in [4.78, 5) is 10.9. The quantitative estimate of drug-likeness (QED) is 0.412. The van der Waals surface area contributed by atoms with E-state index >= 15 is 0 Å². The third kappa shape index (κ3) is 6.29. The van der Waals surface area contributed by atoms with Crippen LogP contribution in [-0.2, 0) is 23.1 Å². The van der Waals surface area contributed by atoms with Crippen LogP contribution >= 0.6 is 7.60 Å². The Bertz CT molecular complexity index is 291. The van der Waals surface area contributed by atoms with Crippen molar-refractivity contribution < 1.29 is 23.1 Å². The fourth-order valence-electron chi connectivity index (χ4n) is 0.723. The molecule has 0 saturated heterocycles. The average molecular weight is 234 g/mol. The first kappa shape index (κ1) is 14.2. The van der Waals surface area contributed by atoms with Gasteiger partial charge in [0.1, 0.15) is 0 Å². The number of rotatable bonds is 5. The summed E-state index contributed by atoms with van der Waals surface area (Å²) in [5.41, 5.74) is 2.17. The summed E-state index contributed by atoms with van der Waals surface area (Å²) in [6.45, 7) is 5.62. The summed E-state index contributed by atoms with van der Waals surface area (Å²) in [6.07, 6.45) is 0. The van der Waals surface area contributed by atoms with Gasteiger partial charge in [-0.25, -0.2) is 9.36 Å². The Kier molecular flexibility index (Phi) is 7.06. The van der Waals surface area contributed by atoms with E-state index in [4.69, 9.17) is 9.05 Å². The van der Waals surface area contributed by atoms with Gasteiger partial charge >= 0.3 is 13.6 Å². The van der Waals surface area contributed by atoms with Crippen molar-refractivity contribution in [3.05, 3.63) is 0 Å². The zero-order chi connectivity index (χ0) is 11.7. The Morgan fingerprint density at radius 1 is 1.13 bits per heavy atom. The SMILES string of the molecule is CCOC(=O)C#CP(=O)(OCC)OCC. The Balaban J connectivity index is 4.52. The van der Waals surface area contributed by atoms with Crippen molar-refractivity contribution in [1.82, 2.24) is 0 Å². The molecule has 0 heterocycles. The summed E-state index contributed by atoms with van der Waals surface area (Å²) in [5.74, 6) is 1.33. The van der Waals surface area contributed by atoms with Gasteiger partial charge in [-0.05, 0) is 20.8 Å². The monoisotopic (exact) mass is 234 g/mol. The van der Waals surface area contributed by atoms with E-state index in [0.29, 0.717) is 0 Å². The number of hydrogen-bond donors (Lipinski definition) is 0. The van der Waals surface area contributed by atoms with Gasteiger partial charge in [0, 0.05) is 11.6 Å². The van der Waals surface area contributed by atoms with Gasteiger partial charge in [-0.2, -0.15) is 0 Å². The van der Waals surface area contributed by atoms with Crippen molar-refractivity contribution in [1.29, 1.82) is 0 Å². The fourth-order valence-corrected chi connectivity index (χ4v) is 1.83. The van der Waals surface area contributed by atoms with Crippen LogP contribution in [0.2, 0.25) is 0 Å². The van der Waals surface area contributed by atoms with Crippen LogP contribution in [0.5, 0.6) is 0 Å². The predicted molar refractivity (Wildman–Crippen MR) is 55.3 cm³/mol. The van der Waals surface area contributed by atoms with Crippen molar-refractivity contribution in [3.63, 3.8) is 0 Å². The smallest absolute Gasteiger partial charge is 0.406 e. The van der Waals surface area contributed by atoms with Crippen LogP contribution in [0.15, 0.2) is 0 Å². The van der Waals surface area contributed by atoms with Crippen molar-refractivity contribution in [2.75, 3.05) is 19.8 Å². The molecule has 0 N–H and O–H groups in total. The first-order valence-corrected chi connectivity index (χ1v) is 6.21. The van der Waals surface area contributed by atoms with Crippen LogP contribution < -0.4 is 0 Å². The normalized spacial score (nSPS) is 10.3. The molecule has 0 aromatic heterocycles. The maximum absolute atomic E-state index is 11.7. The molecule has 0 aromatic carbocycles. The van der Waals surface area contributed by atoms with Gasteiger partial charge < -0.3 is 4.74 Å². The average Bonchev–Trinajstić information content (AvgIpc) is 2.16. The Morgan fingerprint density at radius 3 is 2.07 bits per heavy atom. The molecule has 0 aliphatic rings. The maximum Gasteiger partial charge on any atom is 0.406 e. The van der Waals surface area contributed by atoms with Gasteiger partial charge in [0.15, 0.2) is 0 Å². The van der Waals surface area contributed by atoms with Gasteiger partial charge in [0.2, 0.25) is 0 Å². The van der Waals surface area contributed by atoms with Crippen LogP contribution in [0.3, 0.4) is 0 Å². The largest absolute Gasteiger partial charge is 0.456 e. The van der Waals surface area contributed by atoms with E-state index in [9.17, 15) is 9.36 Å². The zero-order valence-electron chi connectivity index (χ0n) is 9.11. The summed E-state index contributed by atoms with van der Waals surface area (Å²) in [7, 11) is -3.46. The molecule has 0 rings (SSSR count). The van der Waals surface area contributed by atoms with Crippen LogP contribution in [0.4, 0.5) is 0 Å². The minimum atomic E-state index is -3.46. The standard InChI is InChI=1S/C9H15O5P/c1-4-12-9(10)7-8-15(11,13-5-2)14-6-3/h4-6H2,1-3H3. The van der Waals surface area contributed by atoms with E-state index in [0.717, 1.165) is 0 Å². The second-order valence-electron chi connectivity index (χ2n) is 2.29. The van der Waals surface area contributed by atoms with Crippen LogP contribution in [-0.4, -0.2) is 25.8 Å². The van der Waals surface area contributed by atoms with Gasteiger partial charge in [0.25, 0.3) is 0 Å². The number of ether oxygens (including phenoxy) is 1. The molecule has 0 spiro atoms. The van der Waals surface area contributed by atoms with Crippen molar-refractivity contribution in [2.45, 2.75) is 20.8 Å². The Hall–Kier alpha value is -0.820. The van der Waals surface area contributed by atoms with Crippen molar-refractivity contribution in [3.8, 4) is 11.6 Å². The van der Waals surface area contributed by atoms with Crippen LogP contribution in [0.25, 0.3) is 0 Å². The highest BCUT2D eigenvalue weighted by atomic mass is 31.2. The van der Waals surface area contributed by atoms with Gasteiger partial charge in [-0.1, -0.05) is 0 Å². The fraction of sp³-hybridized carbons (Fsp3) is 0.667. The molecular formula is C9H15O5P.